The molecule has 0 saturated carbocycles. The maximum Gasteiger partial charge on any atom is 0.416 e. The summed E-state index contributed by atoms with van der Waals surface area (Å²) >= 11 is 0. The Bertz CT molecular complexity index is 556. The second-order valence-corrected chi connectivity index (χ2v) is 5.65. The van der Waals surface area contributed by atoms with Gasteiger partial charge in [-0.05, 0) is 24.0 Å². The summed E-state index contributed by atoms with van der Waals surface area (Å²) < 4.78 is 42.6. The molecule has 128 valence electrons. The fraction of sp³-hybridized carbons (Fsp3) is 0.500. The quantitative estimate of drug-likeness (QED) is 0.816. The number of ether oxygens (including phenoxy) is 1. The van der Waals surface area contributed by atoms with Crippen molar-refractivity contribution in [1.82, 2.24) is 5.32 Å². The summed E-state index contributed by atoms with van der Waals surface area (Å²) in [6, 6.07) is 3.74. The standard InChI is InChI=1S/C16H20F3NO3/c1-10(2)7-13(15(22)23-3)20-14(21)9-11-5-4-6-12(8-11)16(17,18)19/h4-6,8,10,13H,7,9H2,1-3H3,(H,20,21)/t13-/m1/s1. The van der Waals surface area contributed by atoms with Crippen molar-refractivity contribution in [3.05, 3.63) is 35.4 Å². The molecule has 1 atom stereocenters. The third-order valence-corrected chi connectivity index (χ3v) is 3.15. The van der Waals surface area contributed by atoms with Crippen LogP contribution in [0.5, 0.6) is 0 Å². The summed E-state index contributed by atoms with van der Waals surface area (Å²) in [6.45, 7) is 3.77. The van der Waals surface area contributed by atoms with Crippen LogP contribution in [0, 0.1) is 5.92 Å². The van der Waals surface area contributed by atoms with E-state index in [0.717, 1.165) is 12.1 Å². The van der Waals surface area contributed by atoms with Gasteiger partial charge < -0.3 is 10.1 Å². The summed E-state index contributed by atoms with van der Waals surface area (Å²) in [7, 11) is 1.22. The lowest BCUT2D eigenvalue weighted by atomic mass is 10.0. The normalized spacial score (nSPS) is 12.8. The van der Waals surface area contributed by atoms with Crippen molar-refractivity contribution in [3.63, 3.8) is 0 Å². The van der Waals surface area contributed by atoms with E-state index in [1.54, 1.807) is 0 Å². The third kappa shape index (κ3) is 6.30. The third-order valence-electron chi connectivity index (χ3n) is 3.15. The number of benzene rings is 1. The first-order valence-electron chi connectivity index (χ1n) is 7.16. The minimum Gasteiger partial charge on any atom is -0.467 e. The number of amides is 1. The number of esters is 1. The van der Waals surface area contributed by atoms with E-state index >= 15 is 0 Å². The van der Waals surface area contributed by atoms with Crippen molar-refractivity contribution >= 4 is 11.9 Å². The molecule has 0 aliphatic heterocycles. The van der Waals surface area contributed by atoms with Crippen LogP contribution in [0.1, 0.15) is 31.4 Å². The Balaban J connectivity index is 2.76. The maximum absolute atomic E-state index is 12.6. The molecule has 1 N–H and O–H groups in total. The molecule has 0 aromatic heterocycles. The molecule has 0 spiro atoms. The maximum atomic E-state index is 12.6. The average molecular weight is 331 g/mol. The molecule has 23 heavy (non-hydrogen) atoms. The number of hydrogen-bond acceptors (Lipinski definition) is 3. The van der Waals surface area contributed by atoms with Crippen LogP contribution in [0.3, 0.4) is 0 Å². The SMILES string of the molecule is COC(=O)[C@@H](CC(C)C)NC(=O)Cc1cccc(C(F)(F)F)c1. The summed E-state index contributed by atoms with van der Waals surface area (Å²) in [5, 5.41) is 2.51. The molecule has 1 amide bonds. The van der Waals surface area contributed by atoms with Gasteiger partial charge in [-0.3, -0.25) is 4.79 Å². The van der Waals surface area contributed by atoms with Crippen molar-refractivity contribution in [2.45, 2.75) is 38.9 Å². The summed E-state index contributed by atoms with van der Waals surface area (Å²) in [5.41, 5.74) is -0.583. The Kier molecular flexibility index (Phi) is 6.60. The van der Waals surface area contributed by atoms with Crippen LogP contribution >= 0.6 is 0 Å². The van der Waals surface area contributed by atoms with Gasteiger partial charge in [-0.15, -0.1) is 0 Å². The number of halogens is 3. The second-order valence-electron chi connectivity index (χ2n) is 5.65. The number of alkyl halides is 3. The van der Waals surface area contributed by atoms with Gasteiger partial charge in [0.05, 0.1) is 19.1 Å². The predicted molar refractivity (Wildman–Crippen MR) is 78.5 cm³/mol. The topological polar surface area (TPSA) is 55.4 Å². The van der Waals surface area contributed by atoms with Crippen molar-refractivity contribution in [3.8, 4) is 0 Å². The van der Waals surface area contributed by atoms with Crippen molar-refractivity contribution in [2.24, 2.45) is 5.92 Å². The van der Waals surface area contributed by atoms with E-state index in [-0.39, 0.29) is 17.9 Å². The monoisotopic (exact) mass is 331 g/mol. The second kappa shape index (κ2) is 7.99. The Labute approximate surface area is 133 Å². The van der Waals surface area contributed by atoms with Gasteiger partial charge in [-0.1, -0.05) is 32.0 Å². The molecular weight excluding hydrogens is 311 g/mol. The molecule has 0 fully saturated rings. The Morgan fingerprint density at radius 1 is 1.26 bits per heavy atom. The zero-order valence-electron chi connectivity index (χ0n) is 13.2. The van der Waals surface area contributed by atoms with E-state index in [2.05, 4.69) is 10.1 Å². The van der Waals surface area contributed by atoms with Crippen LogP contribution in [0.4, 0.5) is 13.2 Å². The zero-order chi connectivity index (χ0) is 17.6. The lowest BCUT2D eigenvalue weighted by Gasteiger charge is -2.18. The molecule has 1 aromatic rings. The fourth-order valence-corrected chi connectivity index (χ4v) is 2.12. The number of hydrogen-bond donors (Lipinski definition) is 1. The number of rotatable bonds is 6. The summed E-state index contributed by atoms with van der Waals surface area (Å²) in [6.07, 6.45) is -4.31. The van der Waals surface area contributed by atoms with E-state index in [0.29, 0.717) is 6.42 Å². The molecule has 1 rings (SSSR count). The molecule has 0 aliphatic carbocycles. The first-order chi connectivity index (χ1) is 10.6. The smallest absolute Gasteiger partial charge is 0.416 e. The lowest BCUT2D eigenvalue weighted by Crippen LogP contribution is -2.43. The Hall–Kier alpha value is -2.05. The Morgan fingerprint density at radius 2 is 1.91 bits per heavy atom. The molecule has 0 heterocycles. The Morgan fingerprint density at radius 3 is 2.43 bits per heavy atom. The van der Waals surface area contributed by atoms with Gasteiger partial charge in [0.2, 0.25) is 5.91 Å². The molecule has 1 aromatic carbocycles. The van der Waals surface area contributed by atoms with Gasteiger partial charge in [-0.25, -0.2) is 4.79 Å². The van der Waals surface area contributed by atoms with Crippen LogP contribution in [-0.2, 0) is 26.9 Å². The first-order valence-corrected chi connectivity index (χ1v) is 7.16. The van der Waals surface area contributed by atoms with Gasteiger partial charge in [0.25, 0.3) is 0 Å². The van der Waals surface area contributed by atoms with Crippen LogP contribution in [0.15, 0.2) is 24.3 Å². The lowest BCUT2D eigenvalue weighted by molar-refractivity contribution is -0.145. The van der Waals surface area contributed by atoms with Crippen molar-refractivity contribution < 1.29 is 27.5 Å². The minimum atomic E-state index is -4.46. The predicted octanol–water partition coefficient (Wildman–Crippen LogP) is 2.95. The highest BCUT2D eigenvalue weighted by atomic mass is 19.4. The summed E-state index contributed by atoms with van der Waals surface area (Å²) in [5.74, 6) is -0.954. The molecule has 0 aliphatic rings. The molecule has 0 unspecified atom stereocenters. The number of methoxy groups -OCH3 is 1. The van der Waals surface area contributed by atoms with Gasteiger partial charge in [0.1, 0.15) is 6.04 Å². The number of nitrogens with one attached hydrogen (secondary N) is 1. The number of carbonyl (C=O) groups excluding carboxylic acids is 2. The minimum absolute atomic E-state index is 0.146. The van der Waals surface area contributed by atoms with Crippen LogP contribution in [0.25, 0.3) is 0 Å². The molecule has 7 heteroatoms. The van der Waals surface area contributed by atoms with E-state index in [9.17, 15) is 22.8 Å². The van der Waals surface area contributed by atoms with E-state index in [4.69, 9.17) is 0 Å². The average Bonchev–Trinajstić information content (AvgIpc) is 2.44. The van der Waals surface area contributed by atoms with Gasteiger partial charge in [0.15, 0.2) is 0 Å². The molecule has 0 saturated heterocycles. The van der Waals surface area contributed by atoms with Gasteiger partial charge in [-0.2, -0.15) is 13.2 Å². The van der Waals surface area contributed by atoms with Gasteiger partial charge >= 0.3 is 12.1 Å². The molecule has 0 radical (unpaired) electrons. The highest BCUT2D eigenvalue weighted by Crippen LogP contribution is 2.29. The van der Waals surface area contributed by atoms with Gasteiger partial charge in [0, 0.05) is 0 Å². The van der Waals surface area contributed by atoms with Crippen molar-refractivity contribution in [1.29, 1.82) is 0 Å². The van der Waals surface area contributed by atoms with Crippen LogP contribution < -0.4 is 5.32 Å². The van der Waals surface area contributed by atoms with E-state index in [1.807, 2.05) is 13.8 Å². The largest absolute Gasteiger partial charge is 0.467 e. The highest BCUT2D eigenvalue weighted by Gasteiger charge is 2.30. The van der Waals surface area contributed by atoms with E-state index in [1.165, 1.54) is 19.2 Å². The first kappa shape index (κ1) is 19.0. The zero-order valence-corrected chi connectivity index (χ0v) is 13.2. The van der Waals surface area contributed by atoms with Crippen LogP contribution in [0.2, 0.25) is 0 Å². The highest BCUT2D eigenvalue weighted by molar-refractivity contribution is 5.85. The number of carbonyl (C=O) groups is 2. The van der Waals surface area contributed by atoms with E-state index < -0.39 is 29.7 Å². The van der Waals surface area contributed by atoms with Crippen LogP contribution in [-0.4, -0.2) is 25.0 Å². The molecule has 0 bridgehead atoms. The molecular formula is C16H20F3NO3. The summed E-state index contributed by atoms with van der Waals surface area (Å²) in [4.78, 5) is 23.6. The molecule has 4 nitrogen and oxygen atoms in total. The fourth-order valence-electron chi connectivity index (χ4n) is 2.12. The van der Waals surface area contributed by atoms with Crippen molar-refractivity contribution in [2.75, 3.05) is 7.11 Å².